The van der Waals surface area contributed by atoms with Crippen molar-refractivity contribution in [1.29, 1.82) is 0 Å². The Morgan fingerprint density at radius 1 is 1.27 bits per heavy atom. The highest BCUT2D eigenvalue weighted by molar-refractivity contribution is 5.81. The number of hydrogen-bond donors (Lipinski definition) is 1. The van der Waals surface area contributed by atoms with Crippen LogP contribution in [0.1, 0.15) is 20.8 Å². The second-order valence-electron chi connectivity index (χ2n) is 4.34. The number of amides is 2. The van der Waals surface area contributed by atoms with Crippen LogP contribution in [0.4, 0.5) is 4.79 Å². The minimum Gasteiger partial charge on any atom is -0.444 e. The van der Waals surface area contributed by atoms with E-state index in [0.717, 1.165) is 5.01 Å². The Hall–Kier alpha value is -1.30. The van der Waals surface area contributed by atoms with Crippen LogP contribution in [0.25, 0.3) is 0 Å². The summed E-state index contributed by atoms with van der Waals surface area (Å²) in [4.78, 5) is 23.8. The molecule has 0 aromatic rings. The van der Waals surface area contributed by atoms with E-state index in [0.29, 0.717) is 0 Å². The molecule has 0 aromatic carbocycles. The maximum atomic E-state index is 11.4. The van der Waals surface area contributed by atoms with Crippen LogP contribution < -0.4 is 5.84 Å². The molecule has 0 aromatic heterocycles. The Labute approximate surface area is 89.9 Å². The van der Waals surface area contributed by atoms with Crippen molar-refractivity contribution in [1.82, 2.24) is 9.91 Å². The van der Waals surface area contributed by atoms with E-state index in [1.165, 1.54) is 19.0 Å². The minimum atomic E-state index is -0.566. The van der Waals surface area contributed by atoms with E-state index in [4.69, 9.17) is 10.6 Å². The fraction of sp³-hybridized carbons (Fsp3) is 0.778. The van der Waals surface area contributed by atoms with Gasteiger partial charge in [0.05, 0.1) is 0 Å². The third-order valence-corrected chi connectivity index (χ3v) is 1.47. The smallest absolute Gasteiger partial charge is 0.410 e. The molecular formula is C9H19N3O3. The van der Waals surface area contributed by atoms with Crippen LogP contribution >= 0.6 is 0 Å². The average molecular weight is 217 g/mol. The third kappa shape index (κ3) is 5.90. The molecule has 6 heteroatoms. The van der Waals surface area contributed by atoms with Gasteiger partial charge >= 0.3 is 6.09 Å². The molecule has 0 atom stereocenters. The highest BCUT2D eigenvalue weighted by Crippen LogP contribution is 2.08. The van der Waals surface area contributed by atoms with Crippen molar-refractivity contribution < 1.29 is 14.3 Å². The van der Waals surface area contributed by atoms with Crippen molar-refractivity contribution in [2.75, 3.05) is 20.6 Å². The average Bonchev–Trinajstić information content (AvgIpc) is 2.00. The lowest BCUT2D eigenvalue weighted by molar-refractivity contribution is -0.131. The quantitative estimate of drug-likeness (QED) is 0.407. The normalized spacial score (nSPS) is 10.8. The second-order valence-corrected chi connectivity index (χ2v) is 4.34. The van der Waals surface area contributed by atoms with Gasteiger partial charge in [0.25, 0.3) is 5.91 Å². The van der Waals surface area contributed by atoms with Crippen LogP contribution in [0, 0.1) is 0 Å². The molecular weight excluding hydrogens is 198 g/mol. The van der Waals surface area contributed by atoms with Crippen LogP contribution in [0.15, 0.2) is 0 Å². The van der Waals surface area contributed by atoms with E-state index < -0.39 is 11.7 Å². The summed E-state index contributed by atoms with van der Waals surface area (Å²) in [7, 11) is 2.90. The van der Waals surface area contributed by atoms with Gasteiger partial charge in [0.2, 0.25) is 0 Å². The summed E-state index contributed by atoms with van der Waals surface area (Å²) in [6.07, 6.45) is -0.544. The molecule has 0 bridgehead atoms. The first-order valence-electron chi connectivity index (χ1n) is 4.59. The Bertz CT molecular complexity index is 245. The largest absolute Gasteiger partial charge is 0.444 e. The number of likely N-dealkylation sites (N-methyl/N-ethyl adjacent to an activating group) is 2. The summed E-state index contributed by atoms with van der Waals surface area (Å²) in [5.74, 6) is 4.86. The van der Waals surface area contributed by atoms with Gasteiger partial charge in [0.15, 0.2) is 0 Å². The van der Waals surface area contributed by atoms with Crippen LogP contribution in [0.5, 0.6) is 0 Å². The fourth-order valence-electron chi connectivity index (χ4n) is 0.719. The summed E-state index contributed by atoms with van der Waals surface area (Å²) in [6.45, 7) is 5.18. The predicted octanol–water partition coefficient (Wildman–Crippen LogP) is 0.185. The lowest BCUT2D eigenvalue weighted by Crippen LogP contribution is -2.43. The predicted molar refractivity (Wildman–Crippen MR) is 55.8 cm³/mol. The SMILES string of the molecule is CN(N)C(=O)CN(C)C(=O)OC(C)(C)C. The standard InChI is InChI=1S/C9H19N3O3/c1-9(2,3)15-8(14)11(4)6-7(13)12(5)10/h6,10H2,1-5H3. The number of ether oxygens (including phenoxy) is 1. The van der Waals surface area contributed by atoms with Crippen LogP contribution in [-0.2, 0) is 9.53 Å². The first kappa shape index (κ1) is 13.7. The highest BCUT2D eigenvalue weighted by atomic mass is 16.6. The number of nitrogens with two attached hydrogens (primary N) is 1. The van der Waals surface area contributed by atoms with Crippen LogP contribution in [-0.4, -0.2) is 48.2 Å². The van der Waals surface area contributed by atoms with Gasteiger partial charge in [0, 0.05) is 14.1 Å². The van der Waals surface area contributed by atoms with Gasteiger partial charge in [0.1, 0.15) is 12.1 Å². The van der Waals surface area contributed by atoms with E-state index in [9.17, 15) is 9.59 Å². The molecule has 0 rings (SSSR count). The molecule has 0 saturated carbocycles. The third-order valence-electron chi connectivity index (χ3n) is 1.47. The number of nitrogens with zero attached hydrogens (tertiary/aromatic N) is 2. The zero-order valence-electron chi connectivity index (χ0n) is 9.90. The molecule has 0 radical (unpaired) electrons. The maximum Gasteiger partial charge on any atom is 0.410 e. The molecule has 0 unspecified atom stereocenters. The Kier molecular flexibility index (Phi) is 4.54. The maximum absolute atomic E-state index is 11.4. The fourth-order valence-corrected chi connectivity index (χ4v) is 0.719. The van der Waals surface area contributed by atoms with Crippen molar-refractivity contribution >= 4 is 12.0 Å². The van der Waals surface area contributed by atoms with Gasteiger partial charge in [-0.2, -0.15) is 0 Å². The molecule has 0 heterocycles. The first-order chi connectivity index (χ1) is 6.63. The first-order valence-corrected chi connectivity index (χ1v) is 4.59. The molecule has 0 fully saturated rings. The van der Waals surface area contributed by atoms with Gasteiger partial charge in [-0.05, 0) is 20.8 Å². The molecule has 15 heavy (non-hydrogen) atoms. The lowest BCUT2D eigenvalue weighted by Gasteiger charge is -2.24. The van der Waals surface area contributed by atoms with E-state index in [-0.39, 0.29) is 12.5 Å². The molecule has 88 valence electrons. The summed E-state index contributed by atoms with van der Waals surface area (Å²) < 4.78 is 5.06. The van der Waals surface area contributed by atoms with E-state index >= 15 is 0 Å². The number of carbonyl (C=O) groups is 2. The van der Waals surface area contributed by atoms with Crippen molar-refractivity contribution in [3.05, 3.63) is 0 Å². The molecule has 0 aliphatic rings. The monoisotopic (exact) mass is 217 g/mol. The van der Waals surface area contributed by atoms with Crippen molar-refractivity contribution in [3.8, 4) is 0 Å². The Morgan fingerprint density at radius 2 is 1.73 bits per heavy atom. The summed E-state index contributed by atoms with van der Waals surface area (Å²) in [5, 5.41) is 0.931. The molecule has 2 N–H and O–H groups in total. The lowest BCUT2D eigenvalue weighted by atomic mass is 10.2. The number of carbonyl (C=O) groups excluding carboxylic acids is 2. The zero-order valence-corrected chi connectivity index (χ0v) is 9.90. The Balaban J connectivity index is 4.17. The number of hydrazine groups is 1. The van der Waals surface area contributed by atoms with Gasteiger partial charge < -0.3 is 9.64 Å². The number of rotatable bonds is 2. The van der Waals surface area contributed by atoms with Gasteiger partial charge in [-0.15, -0.1) is 0 Å². The molecule has 0 spiro atoms. The van der Waals surface area contributed by atoms with E-state index in [1.54, 1.807) is 20.8 Å². The van der Waals surface area contributed by atoms with Gasteiger partial charge in [-0.1, -0.05) is 0 Å². The van der Waals surface area contributed by atoms with E-state index in [1.807, 2.05) is 0 Å². The van der Waals surface area contributed by atoms with E-state index in [2.05, 4.69) is 0 Å². The highest BCUT2D eigenvalue weighted by Gasteiger charge is 2.21. The molecule has 0 saturated heterocycles. The van der Waals surface area contributed by atoms with Crippen molar-refractivity contribution in [2.45, 2.75) is 26.4 Å². The zero-order chi connectivity index (χ0) is 12.2. The van der Waals surface area contributed by atoms with Crippen LogP contribution in [0.3, 0.4) is 0 Å². The van der Waals surface area contributed by atoms with Crippen molar-refractivity contribution in [2.24, 2.45) is 5.84 Å². The van der Waals surface area contributed by atoms with Gasteiger partial charge in [-0.25, -0.2) is 10.6 Å². The van der Waals surface area contributed by atoms with Crippen molar-refractivity contribution in [3.63, 3.8) is 0 Å². The molecule has 2 amide bonds. The number of hydrogen-bond acceptors (Lipinski definition) is 4. The summed E-state index contributed by atoms with van der Waals surface area (Å²) in [5.41, 5.74) is -0.566. The molecule has 0 aliphatic carbocycles. The second kappa shape index (κ2) is 4.97. The molecule has 6 nitrogen and oxygen atoms in total. The van der Waals surface area contributed by atoms with Gasteiger partial charge in [-0.3, -0.25) is 9.80 Å². The molecule has 0 aliphatic heterocycles. The minimum absolute atomic E-state index is 0.0953. The summed E-state index contributed by atoms with van der Waals surface area (Å²) >= 11 is 0. The topological polar surface area (TPSA) is 75.9 Å². The Morgan fingerprint density at radius 3 is 2.07 bits per heavy atom. The summed E-state index contributed by atoms with van der Waals surface area (Å²) in [6, 6.07) is 0. The van der Waals surface area contributed by atoms with Crippen LogP contribution in [0.2, 0.25) is 0 Å².